The van der Waals surface area contributed by atoms with Crippen LogP contribution in [-0.4, -0.2) is 27.9 Å². The number of Topliss-reactive ketones (excluding diaryl/α,β-unsaturated/α-hetero) is 1. The molecule has 0 radical (unpaired) electrons. The van der Waals surface area contributed by atoms with Gasteiger partial charge in [0.25, 0.3) is 0 Å². The Balaban J connectivity index is 2.41. The second kappa shape index (κ2) is 5.17. The van der Waals surface area contributed by atoms with Crippen molar-refractivity contribution in [3.8, 4) is 0 Å². The third-order valence-electron chi connectivity index (χ3n) is 3.39. The van der Waals surface area contributed by atoms with Crippen molar-refractivity contribution in [1.82, 2.24) is 4.90 Å². The van der Waals surface area contributed by atoms with E-state index in [4.69, 9.17) is 11.6 Å². The van der Waals surface area contributed by atoms with E-state index < -0.39 is 24.0 Å². The monoisotopic (exact) mass is 285 g/mol. The van der Waals surface area contributed by atoms with Crippen molar-refractivity contribution < 1.29 is 19.1 Å². The van der Waals surface area contributed by atoms with Crippen molar-refractivity contribution >= 4 is 23.5 Å². The molecular formula is C13H13ClFNO3. The molecule has 0 unspecified atom stereocenters. The van der Waals surface area contributed by atoms with Crippen LogP contribution >= 0.6 is 11.6 Å². The Morgan fingerprint density at radius 1 is 1.42 bits per heavy atom. The highest BCUT2D eigenvalue weighted by Gasteiger charge is 2.41. The molecule has 0 aromatic heterocycles. The average molecular weight is 286 g/mol. The summed E-state index contributed by atoms with van der Waals surface area (Å²) < 4.78 is 13.8. The van der Waals surface area contributed by atoms with Crippen molar-refractivity contribution in [2.45, 2.75) is 31.8 Å². The number of nitrogens with zero attached hydrogens (tertiary/aromatic N) is 1. The van der Waals surface area contributed by atoms with Crippen LogP contribution in [0.25, 0.3) is 0 Å². The normalized spacial score (nSPS) is 22.6. The molecule has 2 atom stereocenters. The van der Waals surface area contributed by atoms with E-state index in [1.807, 2.05) is 0 Å². The number of amides is 1. The second-order valence-corrected chi connectivity index (χ2v) is 5.01. The van der Waals surface area contributed by atoms with Crippen LogP contribution in [0.2, 0.25) is 5.02 Å². The summed E-state index contributed by atoms with van der Waals surface area (Å²) in [6, 6.07) is 2.66. The number of carbonyl (C=O) groups is 2. The van der Waals surface area contributed by atoms with Gasteiger partial charge in [-0.1, -0.05) is 11.6 Å². The van der Waals surface area contributed by atoms with Gasteiger partial charge in [0.1, 0.15) is 5.82 Å². The van der Waals surface area contributed by atoms with E-state index in [1.54, 1.807) is 0 Å². The maximum Gasteiger partial charge on any atom is 0.408 e. The quantitative estimate of drug-likeness (QED) is 0.907. The fourth-order valence-electron chi connectivity index (χ4n) is 2.55. The molecule has 1 amide bonds. The molecule has 1 aromatic carbocycles. The van der Waals surface area contributed by atoms with Gasteiger partial charge in [0, 0.05) is 10.6 Å². The van der Waals surface area contributed by atoms with Crippen LogP contribution in [0, 0.1) is 5.82 Å². The summed E-state index contributed by atoms with van der Waals surface area (Å²) >= 11 is 5.82. The predicted octanol–water partition coefficient (Wildman–Crippen LogP) is 3.25. The maximum atomic E-state index is 13.8. The molecule has 19 heavy (non-hydrogen) atoms. The second-order valence-electron chi connectivity index (χ2n) is 4.58. The van der Waals surface area contributed by atoms with Crippen LogP contribution in [0.5, 0.6) is 0 Å². The minimum atomic E-state index is -1.22. The zero-order valence-corrected chi connectivity index (χ0v) is 11.0. The van der Waals surface area contributed by atoms with Gasteiger partial charge in [-0.15, -0.1) is 0 Å². The van der Waals surface area contributed by atoms with Gasteiger partial charge >= 0.3 is 6.09 Å². The molecule has 0 spiro atoms. The highest BCUT2D eigenvalue weighted by atomic mass is 35.5. The van der Waals surface area contributed by atoms with E-state index >= 15 is 0 Å². The Labute approximate surface area is 114 Å². The zero-order valence-electron chi connectivity index (χ0n) is 10.3. The molecule has 1 aliphatic heterocycles. The Hall–Kier alpha value is -1.62. The summed E-state index contributed by atoms with van der Waals surface area (Å²) in [4.78, 5) is 23.8. The van der Waals surface area contributed by atoms with Crippen LogP contribution in [0.4, 0.5) is 9.18 Å². The molecule has 1 aromatic rings. The topological polar surface area (TPSA) is 57.6 Å². The molecule has 6 heteroatoms. The summed E-state index contributed by atoms with van der Waals surface area (Å²) in [6.45, 7) is 1.34. The fourth-order valence-corrected chi connectivity index (χ4v) is 2.73. The lowest BCUT2D eigenvalue weighted by Gasteiger charge is -2.26. The number of benzene rings is 1. The Kier molecular flexibility index (Phi) is 3.75. The van der Waals surface area contributed by atoms with Crippen molar-refractivity contribution in [3.63, 3.8) is 0 Å². The summed E-state index contributed by atoms with van der Waals surface area (Å²) in [5.41, 5.74) is 0.221. The van der Waals surface area contributed by atoms with Gasteiger partial charge in [0.15, 0.2) is 5.78 Å². The van der Waals surface area contributed by atoms with E-state index in [2.05, 4.69) is 0 Å². The van der Waals surface area contributed by atoms with Crippen molar-refractivity contribution in [3.05, 3.63) is 34.6 Å². The van der Waals surface area contributed by atoms with E-state index in [1.165, 1.54) is 25.1 Å². The molecule has 1 saturated heterocycles. The van der Waals surface area contributed by atoms with Crippen LogP contribution in [0.3, 0.4) is 0 Å². The number of hydrogen-bond donors (Lipinski definition) is 1. The number of ketones is 1. The first-order chi connectivity index (χ1) is 8.91. The lowest BCUT2D eigenvalue weighted by molar-refractivity contribution is -0.121. The Morgan fingerprint density at radius 2 is 2.11 bits per heavy atom. The number of rotatable bonds is 2. The van der Waals surface area contributed by atoms with Gasteiger partial charge in [-0.2, -0.15) is 0 Å². The van der Waals surface area contributed by atoms with E-state index in [0.717, 1.165) is 4.90 Å². The SMILES string of the molecule is CC(=O)[C@H]1CC[C@@H](c2cc(Cl)ccc2F)N1C(=O)O. The summed E-state index contributed by atoms with van der Waals surface area (Å²) in [6.07, 6.45) is -0.409. The summed E-state index contributed by atoms with van der Waals surface area (Å²) in [7, 11) is 0. The van der Waals surface area contributed by atoms with Gasteiger partial charge < -0.3 is 5.11 Å². The van der Waals surface area contributed by atoms with E-state index in [0.29, 0.717) is 17.9 Å². The van der Waals surface area contributed by atoms with Crippen molar-refractivity contribution in [2.75, 3.05) is 0 Å². The fraction of sp³-hybridized carbons (Fsp3) is 0.385. The van der Waals surface area contributed by atoms with Crippen molar-refractivity contribution in [1.29, 1.82) is 0 Å². The number of halogens is 2. The minimum Gasteiger partial charge on any atom is -0.465 e. The Bertz CT molecular complexity index is 535. The van der Waals surface area contributed by atoms with Crippen LogP contribution < -0.4 is 0 Å². The molecule has 0 bridgehead atoms. The van der Waals surface area contributed by atoms with Gasteiger partial charge in [-0.25, -0.2) is 9.18 Å². The molecule has 4 nitrogen and oxygen atoms in total. The molecule has 0 aliphatic carbocycles. The first kappa shape index (κ1) is 13.8. The van der Waals surface area contributed by atoms with Gasteiger partial charge in [0.05, 0.1) is 12.1 Å². The van der Waals surface area contributed by atoms with E-state index in [9.17, 15) is 19.1 Å². The summed E-state index contributed by atoms with van der Waals surface area (Å²) in [5.74, 6) is -0.739. The zero-order chi connectivity index (χ0) is 14.2. The smallest absolute Gasteiger partial charge is 0.408 e. The molecule has 102 valence electrons. The average Bonchev–Trinajstić information content (AvgIpc) is 2.76. The van der Waals surface area contributed by atoms with E-state index in [-0.39, 0.29) is 11.3 Å². The molecule has 1 aliphatic rings. The highest BCUT2D eigenvalue weighted by molar-refractivity contribution is 6.30. The lowest BCUT2D eigenvalue weighted by Crippen LogP contribution is -2.40. The van der Waals surface area contributed by atoms with Crippen LogP contribution in [0.15, 0.2) is 18.2 Å². The van der Waals surface area contributed by atoms with Crippen molar-refractivity contribution in [2.24, 2.45) is 0 Å². The number of likely N-dealkylation sites (tertiary alicyclic amines) is 1. The molecule has 0 saturated carbocycles. The first-order valence-corrected chi connectivity index (χ1v) is 6.26. The standard InChI is InChI=1S/C13H13ClFNO3/c1-7(17)11-4-5-12(16(11)13(18)19)9-6-8(14)2-3-10(9)15/h2-3,6,11-12H,4-5H2,1H3,(H,18,19)/t11-,12+/m1/s1. The third kappa shape index (κ3) is 2.56. The predicted molar refractivity (Wildman–Crippen MR) is 67.7 cm³/mol. The minimum absolute atomic E-state index is 0.221. The molecule has 1 heterocycles. The Morgan fingerprint density at radius 3 is 2.68 bits per heavy atom. The third-order valence-corrected chi connectivity index (χ3v) is 3.63. The van der Waals surface area contributed by atoms with Crippen LogP contribution in [-0.2, 0) is 4.79 Å². The highest BCUT2D eigenvalue weighted by Crippen LogP contribution is 2.38. The molecule has 1 N–H and O–H groups in total. The number of carboxylic acid groups (broad SMARTS) is 1. The maximum absolute atomic E-state index is 13.8. The van der Waals surface area contributed by atoms with Gasteiger partial charge in [-0.05, 0) is 38.0 Å². The van der Waals surface area contributed by atoms with Crippen LogP contribution in [0.1, 0.15) is 31.4 Å². The molecule has 1 fully saturated rings. The first-order valence-electron chi connectivity index (χ1n) is 5.88. The number of hydrogen-bond acceptors (Lipinski definition) is 2. The molecular weight excluding hydrogens is 273 g/mol. The number of carbonyl (C=O) groups excluding carboxylic acids is 1. The van der Waals surface area contributed by atoms with Gasteiger partial charge in [0.2, 0.25) is 0 Å². The molecule has 2 rings (SSSR count). The largest absolute Gasteiger partial charge is 0.465 e. The lowest BCUT2D eigenvalue weighted by atomic mass is 10.0. The van der Waals surface area contributed by atoms with Gasteiger partial charge in [-0.3, -0.25) is 9.69 Å². The summed E-state index contributed by atoms with van der Waals surface area (Å²) in [5, 5.41) is 9.58.